The Bertz CT molecular complexity index is 1500. The molecule has 9 heteroatoms. The molecule has 0 aliphatic carbocycles. The van der Waals surface area contributed by atoms with Crippen molar-refractivity contribution in [1.29, 1.82) is 0 Å². The van der Waals surface area contributed by atoms with Gasteiger partial charge in [0.1, 0.15) is 0 Å². The first-order valence-corrected chi connectivity index (χ1v) is 13.0. The van der Waals surface area contributed by atoms with Crippen molar-refractivity contribution >= 4 is 34.7 Å². The Morgan fingerprint density at radius 3 is 2.59 bits per heavy atom. The number of rotatable bonds is 11. The summed E-state index contributed by atoms with van der Waals surface area (Å²) in [5, 5.41) is 6.64. The van der Waals surface area contributed by atoms with Crippen molar-refractivity contribution in [3.63, 3.8) is 0 Å². The molecule has 9 nitrogen and oxygen atoms in total. The molecular weight excluding hydrogens is 492 g/mol. The Hall–Kier alpha value is -4.27. The third kappa shape index (κ3) is 6.60. The molecule has 4 heterocycles. The zero-order chi connectivity index (χ0) is 27.9. The molecule has 4 rings (SSSR count). The third-order valence-electron chi connectivity index (χ3n) is 6.38. The molecule has 1 aliphatic heterocycles. The fourth-order valence-corrected chi connectivity index (χ4v) is 4.28. The van der Waals surface area contributed by atoms with Gasteiger partial charge in [0, 0.05) is 66.6 Å². The van der Waals surface area contributed by atoms with Crippen molar-refractivity contribution in [3.05, 3.63) is 83.8 Å². The highest BCUT2D eigenvalue weighted by atomic mass is 16.4. The fourth-order valence-electron chi connectivity index (χ4n) is 4.28. The van der Waals surface area contributed by atoms with Crippen LogP contribution in [0.25, 0.3) is 22.2 Å². The maximum atomic E-state index is 12.7. The van der Waals surface area contributed by atoms with E-state index in [1.165, 1.54) is 6.07 Å². The van der Waals surface area contributed by atoms with Gasteiger partial charge in [0.15, 0.2) is 29.1 Å². The number of aromatic nitrogens is 2. The van der Waals surface area contributed by atoms with E-state index in [1.54, 1.807) is 24.8 Å². The number of aliphatic imine (C=N–C) groups is 1. The topological polar surface area (TPSA) is 113 Å². The second-order valence-corrected chi connectivity index (χ2v) is 9.33. The standard InChI is InChI=1S/C30H34N6O3/c1-6-9-36(10-7-2)28-14-26(38)29-27(39-28)13-23(17-32-29)22-12-24(18-31-15-22)35-30-33-16-21(20(5)34-30)11-19(4)25(37)8-3/h11-18,30,34-35H,1-2,6-10H2,3-5H3/b19-11+. The van der Waals surface area contributed by atoms with Crippen molar-refractivity contribution in [2.75, 3.05) is 23.3 Å². The van der Waals surface area contributed by atoms with Crippen LogP contribution in [-0.4, -0.2) is 41.3 Å². The molecule has 0 fully saturated rings. The summed E-state index contributed by atoms with van der Waals surface area (Å²) in [4.78, 5) is 39.9. The molecule has 0 spiro atoms. The Labute approximate surface area is 228 Å². The molecule has 2 radical (unpaired) electrons. The normalized spacial score (nSPS) is 15.4. The van der Waals surface area contributed by atoms with Crippen LogP contribution in [0.3, 0.4) is 0 Å². The van der Waals surface area contributed by atoms with Crippen molar-refractivity contribution in [2.45, 2.75) is 46.3 Å². The number of ketones is 1. The highest BCUT2D eigenvalue weighted by molar-refractivity contribution is 5.97. The van der Waals surface area contributed by atoms with Gasteiger partial charge in [-0.2, -0.15) is 0 Å². The number of carbonyl (C=O) groups is 1. The first kappa shape index (κ1) is 27.8. The predicted octanol–water partition coefficient (Wildman–Crippen LogP) is 5.07. The number of pyridine rings is 2. The van der Waals surface area contributed by atoms with Gasteiger partial charge in [-0.05, 0) is 50.5 Å². The highest BCUT2D eigenvalue weighted by Crippen LogP contribution is 2.26. The van der Waals surface area contributed by atoms with Crippen LogP contribution < -0.4 is 21.0 Å². The van der Waals surface area contributed by atoms with E-state index >= 15 is 0 Å². The van der Waals surface area contributed by atoms with Crippen molar-refractivity contribution < 1.29 is 9.21 Å². The number of hydrogen-bond donors (Lipinski definition) is 2. The molecular formula is C30H34N6O3. The van der Waals surface area contributed by atoms with E-state index in [4.69, 9.17) is 4.42 Å². The predicted molar refractivity (Wildman–Crippen MR) is 156 cm³/mol. The molecule has 0 bridgehead atoms. The van der Waals surface area contributed by atoms with Crippen molar-refractivity contribution in [3.8, 4) is 11.1 Å². The van der Waals surface area contributed by atoms with Crippen LogP contribution in [0.2, 0.25) is 0 Å². The minimum absolute atomic E-state index is 0.111. The van der Waals surface area contributed by atoms with E-state index in [0.717, 1.165) is 28.1 Å². The van der Waals surface area contributed by atoms with Crippen LogP contribution in [0.4, 0.5) is 11.6 Å². The maximum absolute atomic E-state index is 12.7. The zero-order valence-corrected chi connectivity index (χ0v) is 22.7. The highest BCUT2D eigenvalue weighted by Gasteiger charge is 2.16. The van der Waals surface area contributed by atoms with Gasteiger partial charge in [-0.3, -0.25) is 14.6 Å². The molecule has 1 atom stereocenters. The summed E-state index contributed by atoms with van der Waals surface area (Å²) in [5.74, 6) is 0.597. The van der Waals surface area contributed by atoms with Gasteiger partial charge in [-0.25, -0.2) is 9.98 Å². The Balaban J connectivity index is 1.55. The first-order valence-electron chi connectivity index (χ1n) is 13.0. The molecule has 3 aromatic rings. The summed E-state index contributed by atoms with van der Waals surface area (Å²) in [6, 6.07) is 5.22. The molecule has 202 valence electrons. The van der Waals surface area contributed by atoms with Crippen LogP contribution >= 0.6 is 0 Å². The summed E-state index contributed by atoms with van der Waals surface area (Å²) in [5.41, 5.74) is 5.28. The number of carbonyl (C=O) groups excluding carboxylic acids is 1. The number of hydrogen-bond acceptors (Lipinski definition) is 9. The smallest absolute Gasteiger partial charge is 0.213 e. The number of Topliss-reactive ketones (excluding diaryl/α,β-unsaturated/α-hetero) is 1. The average molecular weight is 527 g/mol. The van der Waals surface area contributed by atoms with E-state index in [9.17, 15) is 9.59 Å². The van der Waals surface area contributed by atoms with Crippen LogP contribution in [0.5, 0.6) is 0 Å². The lowest BCUT2D eigenvalue weighted by Crippen LogP contribution is -2.36. The fraction of sp³-hybridized carbons (Fsp3) is 0.300. The molecule has 0 saturated heterocycles. The second-order valence-electron chi connectivity index (χ2n) is 9.33. The monoisotopic (exact) mass is 526 g/mol. The SMILES string of the molecule is [CH2]CCN(CC[CH2])c1cc(=O)c2ncc(-c3cncc(NC4N=CC(/C=C(\C)C(=O)CC)=C(C)N4)c3)cc2o1. The molecule has 39 heavy (non-hydrogen) atoms. The van der Waals surface area contributed by atoms with Gasteiger partial charge in [0.05, 0.1) is 11.9 Å². The van der Waals surface area contributed by atoms with Crippen LogP contribution in [0.1, 0.15) is 40.0 Å². The number of nitrogens with zero attached hydrogens (tertiary/aromatic N) is 4. The Morgan fingerprint density at radius 2 is 1.90 bits per heavy atom. The summed E-state index contributed by atoms with van der Waals surface area (Å²) in [7, 11) is 0. The van der Waals surface area contributed by atoms with Crippen LogP contribution in [-0.2, 0) is 4.79 Å². The van der Waals surface area contributed by atoms with Gasteiger partial charge < -0.3 is 20.0 Å². The van der Waals surface area contributed by atoms with Gasteiger partial charge in [-0.15, -0.1) is 0 Å². The van der Waals surface area contributed by atoms with Gasteiger partial charge in [0.2, 0.25) is 5.43 Å². The minimum atomic E-state index is -0.399. The van der Waals surface area contributed by atoms with Crippen molar-refractivity contribution in [1.82, 2.24) is 15.3 Å². The number of anilines is 2. The lowest BCUT2D eigenvalue weighted by molar-refractivity contribution is -0.115. The molecule has 0 saturated carbocycles. The van der Waals surface area contributed by atoms with Crippen LogP contribution in [0.15, 0.2) is 73.9 Å². The lowest BCUT2D eigenvalue weighted by Gasteiger charge is -2.23. The Kier molecular flexibility index (Phi) is 8.91. The summed E-state index contributed by atoms with van der Waals surface area (Å²) >= 11 is 0. The van der Waals surface area contributed by atoms with Crippen molar-refractivity contribution in [2.24, 2.45) is 4.99 Å². The van der Waals surface area contributed by atoms with E-state index in [2.05, 4.69) is 39.4 Å². The van der Waals surface area contributed by atoms with Gasteiger partial charge in [-0.1, -0.05) is 20.8 Å². The van der Waals surface area contributed by atoms with Gasteiger partial charge in [0.25, 0.3) is 0 Å². The lowest BCUT2D eigenvalue weighted by atomic mass is 10.1. The minimum Gasteiger partial charge on any atom is -0.439 e. The zero-order valence-electron chi connectivity index (χ0n) is 22.7. The molecule has 0 aromatic carbocycles. The average Bonchev–Trinajstić information content (AvgIpc) is 2.93. The summed E-state index contributed by atoms with van der Waals surface area (Å²) in [6.07, 6.45) is 10.1. The first-order chi connectivity index (χ1) is 18.8. The van der Waals surface area contributed by atoms with E-state index in [-0.39, 0.29) is 16.7 Å². The molecule has 1 aliphatic rings. The largest absolute Gasteiger partial charge is 0.439 e. The third-order valence-corrected chi connectivity index (χ3v) is 6.38. The maximum Gasteiger partial charge on any atom is 0.213 e. The molecule has 3 aromatic heterocycles. The summed E-state index contributed by atoms with van der Waals surface area (Å²) < 4.78 is 6.11. The molecule has 1 unspecified atom stereocenters. The van der Waals surface area contributed by atoms with Gasteiger partial charge >= 0.3 is 0 Å². The summed E-state index contributed by atoms with van der Waals surface area (Å²) in [6.45, 7) is 14.8. The molecule has 0 amide bonds. The molecule has 2 N–H and O–H groups in total. The quantitative estimate of drug-likeness (QED) is 0.333. The van der Waals surface area contributed by atoms with E-state index in [1.807, 2.05) is 43.9 Å². The number of nitrogens with one attached hydrogen (secondary N) is 2. The Morgan fingerprint density at radius 1 is 1.15 bits per heavy atom. The number of fused-ring (bicyclic) bond motifs is 1. The second kappa shape index (κ2) is 12.5. The van der Waals surface area contributed by atoms with Crippen LogP contribution in [0, 0.1) is 13.8 Å². The van der Waals surface area contributed by atoms with E-state index < -0.39 is 6.29 Å². The van der Waals surface area contributed by atoms with E-state index in [0.29, 0.717) is 49.4 Å². The number of allylic oxidation sites excluding steroid dienone is 4.